The van der Waals surface area contributed by atoms with Gasteiger partial charge < -0.3 is 13.6 Å². The third kappa shape index (κ3) is 5.00. The normalized spacial score (nSPS) is 12.1. The molecule has 0 amide bonds. The number of rotatable bonds is 5. The van der Waals surface area contributed by atoms with Crippen molar-refractivity contribution in [3.8, 4) is 40.1 Å². The Morgan fingerprint density at radius 3 is 1.53 bits per heavy atom. The summed E-state index contributed by atoms with van der Waals surface area (Å²) in [6.45, 7) is 0. The van der Waals surface area contributed by atoms with Crippen molar-refractivity contribution in [1.29, 1.82) is 0 Å². The minimum absolute atomic E-state index is 0.524. The molecule has 0 aliphatic rings. The first-order valence-electron chi connectivity index (χ1n) is 21.5. The monoisotopic (exact) mass is 818 g/mol. The molecular weight excluding hydrogens is 785 g/mol. The van der Waals surface area contributed by atoms with Gasteiger partial charge in [-0.25, -0.2) is 4.98 Å². The van der Waals surface area contributed by atoms with Gasteiger partial charge in [0.1, 0.15) is 11.2 Å². The molecule has 5 heterocycles. The quantitative estimate of drug-likeness (QED) is 0.173. The Balaban J connectivity index is 1.12. The van der Waals surface area contributed by atoms with E-state index in [-0.39, 0.29) is 0 Å². The lowest BCUT2D eigenvalue weighted by Crippen LogP contribution is -2.07. The molecule has 0 bridgehead atoms. The van der Waals surface area contributed by atoms with Crippen molar-refractivity contribution >= 4 is 87.4 Å². The van der Waals surface area contributed by atoms with Crippen LogP contribution in [0.3, 0.4) is 0 Å². The highest BCUT2D eigenvalue weighted by Gasteiger charge is 2.25. The summed E-state index contributed by atoms with van der Waals surface area (Å²) in [5.74, 6) is 1.66. The van der Waals surface area contributed by atoms with Gasteiger partial charge in [-0.05, 0) is 66.7 Å². The fourth-order valence-corrected chi connectivity index (χ4v) is 10.1. The van der Waals surface area contributed by atoms with Gasteiger partial charge in [-0.15, -0.1) is 0 Å². The molecule has 0 saturated carbocycles. The smallest absolute Gasteiger partial charge is 0.238 e. The standard InChI is InChI=1S/C57H34N6O/c1-3-15-35(16-4-1)55-58-56(36-27-29-43-42-22-10-14-26-51(42)64-52(43)33-36)60-57(59-55)63-50-32-28-38(61-47-23-11-7-19-39(47)40-20-8-12-24-48(40)61)34-46(50)45-31-30-44-41-21-9-13-25-49(41)62(53(44)54(45)63)37-17-5-2-6-18-37/h1-34H. The highest BCUT2D eigenvalue weighted by molar-refractivity contribution is 6.24. The molecule has 5 aromatic heterocycles. The molecule has 0 radical (unpaired) electrons. The molecule has 14 aromatic rings. The molecule has 7 heteroatoms. The van der Waals surface area contributed by atoms with Crippen LogP contribution >= 0.6 is 0 Å². The molecule has 7 nitrogen and oxygen atoms in total. The summed E-state index contributed by atoms with van der Waals surface area (Å²) in [5, 5.41) is 9.08. The number of benzene rings is 9. The maximum absolute atomic E-state index is 6.39. The largest absolute Gasteiger partial charge is 0.456 e. The van der Waals surface area contributed by atoms with E-state index < -0.39 is 0 Å². The van der Waals surface area contributed by atoms with Gasteiger partial charge >= 0.3 is 0 Å². The predicted molar refractivity (Wildman–Crippen MR) is 261 cm³/mol. The molecule has 0 unspecified atom stereocenters. The molecule has 9 aromatic carbocycles. The number of furan rings is 1. The Kier molecular flexibility index (Phi) is 7.27. The van der Waals surface area contributed by atoms with Crippen LogP contribution in [0.4, 0.5) is 0 Å². The van der Waals surface area contributed by atoms with E-state index in [9.17, 15) is 0 Å². The fraction of sp³-hybridized carbons (Fsp3) is 0. The lowest BCUT2D eigenvalue weighted by Gasteiger charge is -2.13. The van der Waals surface area contributed by atoms with Gasteiger partial charge in [0.15, 0.2) is 11.6 Å². The van der Waals surface area contributed by atoms with Crippen LogP contribution in [0.5, 0.6) is 0 Å². The lowest BCUT2D eigenvalue weighted by molar-refractivity contribution is 0.669. The number of fused-ring (bicyclic) bond motifs is 13. The molecule has 0 atom stereocenters. The zero-order valence-corrected chi connectivity index (χ0v) is 34.2. The van der Waals surface area contributed by atoms with Crippen LogP contribution in [0.2, 0.25) is 0 Å². The van der Waals surface area contributed by atoms with Crippen LogP contribution in [-0.4, -0.2) is 28.7 Å². The Hall–Kier alpha value is -8.81. The summed E-state index contributed by atoms with van der Waals surface area (Å²) in [6, 6.07) is 72.6. The predicted octanol–water partition coefficient (Wildman–Crippen LogP) is 14.4. The molecule has 0 fully saturated rings. The van der Waals surface area contributed by atoms with E-state index in [2.05, 4.69) is 184 Å². The molecule has 0 saturated heterocycles. The minimum atomic E-state index is 0.524. The number of aromatic nitrogens is 6. The summed E-state index contributed by atoms with van der Waals surface area (Å²) in [7, 11) is 0. The van der Waals surface area contributed by atoms with Gasteiger partial charge in [-0.2, -0.15) is 9.97 Å². The second kappa shape index (κ2) is 13.3. The van der Waals surface area contributed by atoms with Gasteiger partial charge in [0.25, 0.3) is 0 Å². The van der Waals surface area contributed by atoms with Gasteiger partial charge in [0.05, 0.1) is 33.1 Å². The number of hydrogen-bond acceptors (Lipinski definition) is 4. The van der Waals surface area contributed by atoms with Gasteiger partial charge in [-0.1, -0.05) is 140 Å². The fourth-order valence-electron chi connectivity index (χ4n) is 10.1. The summed E-state index contributed by atoms with van der Waals surface area (Å²) >= 11 is 0. The third-order valence-corrected chi connectivity index (χ3v) is 12.9. The highest BCUT2D eigenvalue weighted by atomic mass is 16.3. The molecule has 0 N–H and O–H groups in total. The Morgan fingerprint density at radius 1 is 0.297 bits per heavy atom. The summed E-state index contributed by atoms with van der Waals surface area (Å²) in [5.41, 5.74) is 12.0. The summed E-state index contributed by atoms with van der Waals surface area (Å²) < 4.78 is 13.4. The van der Waals surface area contributed by atoms with Crippen molar-refractivity contribution in [1.82, 2.24) is 28.7 Å². The first kappa shape index (κ1) is 34.9. The van der Waals surface area contributed by atoms with Crippen molar-refractivity contribution in [2.45, 2.75) is 0 Å². The number of hydrogen-bond donors (Lipinski definition) is 0. The highest BCUT2D eigenvalue weighted by Crippen LogP contribution is 2.43. The zero-order chi connectivity index (χ0) is 41.9. The molecule has 0 spiro atoms. The average molecular weight is 819 g/mol. The van der Waals surface area contributed by atoms with Crippen LogP contribution in [0.25, 0.3) is 127 Å². The first-order chi connectivity index (χ1) is 31.7. The van der Waals surface area contributed by atoms with Gasteiger partial charge in [0.2, 0.25) is 5.95 Å². The van der Waals surface area contributed by atoms with Crippen LogP contribution in [0.1, 0.15) is 0 Å². The van der Waals surface area contributed by atoms with Gasteiger partial charge in [0, 0.05) is 65.6 Å². The minimum Gasteiger partial charge on any atom is -0.456 e. The van der Waals surface area contributed by atoms with Crippen LogP contribution in [-0.2, 0) is 0 Å². The Morgan fingerprint density at radius 2 is 0.812 bits per heavy atom. The molecule has 0 aliphatic heterocycles. The second-order valence-corrected chi connectivity index (χ2v) is 16.4. The van der Waals surface area contributed by atoms with Crippen LogP contribution in [0, 0.1) is 0 Å². The van der Waals surface area contributed by atoms with Crippen molar-refractivity contribution in [3.63, 3.8) is 0 Å². The molecule has 298 valence electrons. The van der Waals surface area contributed by atoms with Crippen LogP contribution < -0.4 is 0 Å². The number of nitrogens with zero attached hydrogens (tertiary/aromatic N) is 6. The molecular formula is C57H34N6O. The average Bonchev–Trinajstić information content (AvgIpc) is 4.10. The van der Waals surface area contributed by atoms with E-state index in [0.717, 1.165) is 93.7 Å². The third-order valence-electron chi connectivity index (χ3n) is 12.9. The molecule has 0 aliphatic carbocycles. The van der Waals surface area contributed by atoms with E-state index in [0.29, 0.717) is 17.6 Å². The second-order valence-electron chi connectivity index (χ2n) is 16.4. The van der Waals surface area contributed by atoms with E-state index in [1.165, 1.54) is 16.2 Å². The Bertz CT molecular complexity index is 4140. The Labute approximate surface area is 365 Å². The van der Waals surface area contributed by atoms with Crippen LogP contribution in [0.15, 0.2) is 211 Å². The van der Waals surface area contributed by atoms with Crippen molar-refractivity contribution in [2.24, 2.45) is 0 Å². The van der Waals surface area contributed by atoms with Gasteiger partial charge in [-0.3, -0.25) is 4.57 Å². The maximum atomic E-state index is 6.39. The topological polar surface area (TPSA) is 66.6 Å². The van der Waals surface area contributed by atoms with Crippen molar-refractivity contribution in [3.05, 3.63) is 206 Å². The van der Waals surface area contributed by atoms with E-state index in [1.807, 2.05) is 36.4 Å². The lowest BCUT2D eigenvalue weighted by atomic mass is 10.1. The SMILES string of the molecule is c1ccc(-c2nc(-c3ccc4c(c3)oc3ccccc34)nc(-n3c4ccc(-n5c6ccccc6c6ccccc65)cc4c4ccc5c6ccccc6n(-c6ccccc6)c5c43)n2)cc1. The zero-order valence-electron chi connectivity index (χ0n) is 34.2. The van der Waals surface area contributed by atoms with E-state index >= 15 is 0 Å². The maximum Gasteiger partial charge on any atom is 0.238 e. The van der Waals surface area contributed by atoms with Crippen molar-refractivity contribution in [2.75, 3.05) is 0 Å². The van der Waals surface area contributed by atoms with E-state index in [4.69, 9.17) is 19.4 Å². The molecule has 64 heavy (non-hydrogen) atoms. The number of para-hydroxylation sites is 5. The van der Waals surface area contributed by atoms with Crippen molar-refractivity contribution < 1.29 is 4.42 Å². The summed E-state index contributed by atoms with van der Waals surface area (Å²) in [4.78, 5) is 16.0. The van der Waals surface area contributed by atoms with E-state index in [1.54, 1.807) is 0 Å². The first-order valence-corrected chi connectivity index (χ1v) is 21.5. The summed E-state index contributed by atoms with van der Waals surface area (Å²) in [6.07, 6.45) is 0. The molecule has 14 rings (SSSR count).